The second kappa shape index (κ2) is 15.7. The highest BCUT2D eigenvalue weighted by Gasteiger charge is 1.78. The molecule has 0 aliphatic carbocycles. The standard InChI is InChI=1S/C3H12N4.H4N2/c4-6-2-1-3-7-5;1-2/h6-7H,1-5H2;1-2H2. The summed E-state index contributed by atoms with van der Waals surface area (Å²) < 4.78 is 0. The summed E-state index contributed by atoms with van der Waals surface area (Å²) in [5, 5.41) is 0. The van der Waals surface area contributed by atoms with Gasteiger partial charge in [-0.25, -0.2) is 0 Å². The monoisotopic (exact) mass is 136 g/mol. The lowest BCUT2D eigenvalue weighted by Crippen LogP contribution is -2.29. The molecule has 0 fully saturated rings. The summed E-state index contributed by atoms with van der Waals surface area (Å²) in [6, 6.07) is 0. The average Bonchev–Trinajstić information content (AvgIpc) is 1.94. The van der Waals surface area contributed by atoms with Gasteiger partial charge in [-0.15, -0.1) is 0 Å². The van der Waals surface area contributed by atoms with Gasteiger partial charge in [0.05, 0.1) is 0 Å². The van der Waals surface area contributed by atoms with Gasteiger partial charge in [0, 0.05) is 13.1 Å². The molecule has 0 amide bonds. The molecule has 0 aromatic carbocycles. The summed E-state index contributed by atoms with van der Waals surface area (Å²) in [6.45, 7) is 1.62. The molecule has 0 spiro atoms. The van der Waals surface area contributed by atoms with Crippen molar-refractivity contribution >= 4 is 0 Å². The van der Waals surface area contributed by atoms with Gasteiger partial charge in [-0.05, 0) is 6.42 Å². The van der Waals surface area contributed by atoms with Gasteiger partial charge in [-0.3, -0.25) is 34.2 Å². The predicted octanol–water partition coefficient (Wildman–Crippen LogP) is -2.88. The Hall–Kier alpha value is -0.240. The summed E-state index contributed by atoms with van der Waals surface area (Å²) >= 11 is 0. The van der Waals surface area contributed by atoms with Crippen LogP contribution in [0.1, 0.15) is 6.42 Å². The van der Waals surface area contributed by atoms with Gasteiger partial charge in [-0.1, -0.05) is 0 Å². The number of nitrogens with two attached hydrogens (primary N) is 4. The molecule has 0 aromatic heterocycles. The van der Waals surface area contributed by atoms with E-state index in [4.69, 9.17) is 11.7 Å². The number of nitrogens with one attached hydrogen (secondary N) is 2. The molecule has 0 rings (SSSR count). The highest BCUT2D eigenvalue weighted by atomic mass is 15.2. The van der Waals surface area contributed by atoms with Crippen LogP contribution in [0.5, 0.6) is 0 Å². The van der Waals surface area contributed by atoms with E-state index in [0.29, 0.717) is 0 Å². The number of rotatable bonds is 4. The fraction of sp³-hybridized carbons (Fsp3) is 1.00. The van der Waals surface area contributed by atoms with E-state index in [-0.39, 0.29) is 0 Å². The van der Waals surface area contributed by atoms with Crippen molar-refractivity contribution in [2.75, 3.05) is 13.1 Å². The van der Waals surface area contributed by atoms with Crippen LogP contribution < -0.4 is 34.2 Å². The second-order valence-electron chi connectivity index (χ2n) is 1.26. The first kappa shape index (κ1) is 11.5. The minimum absolute atomic E-state index is 0.810. The number of hydrogen-bond acceptors (Lipinski definition) is 6. The quantitative estimate of drug-likeness (QED) is 0.140. The smallest absolute Gasteiger partial charge is 0.0110 e. The lowest BCUT2D eigenvalue weighted by Gasteiger charge is -1.95. The van der Waals surface area contributed by atoms with Crippen LogP contribution in [0.4, 0.5) is 0 Å². The van der Waals surface area contributed by atoms with Crippen LogP contribution in [0.3, 0.4) is 0 Å². The van der Waals surface area contributed by atoms with Crippen molar-refractivity contribution in [1.29, 1.82) is 0 Å². The van der Waals surface area contributed by atoms with Crippen LogP contribution in [-0.4, -0.2) is 13.1 Å². The van der Waals surface area contributed by atoms with E-state index in [2.05, 4.69) is 22.5 Å². The summed E-state index contributed by atoms with van der Waals surface area (Å²) in [5.41, 5.74) is 5.01. The van der Waals surface area contributed by atoms with Crippen molar-refractivity contribution in [3.05, 3.63) is 0 Å². The molecule has 0 aliphatic rings. The van der Waals surface area contributed by atoms with Crippen LogP contribution in [0, 0.1) is 0 Å². The van der Waals surface area contributed by atoms with Crippen LogP contribution in [-0.2, 0) is 0 Å². The molecule has 0 aliphatic heterocycles. The molecule has 0 aromatic rings. The molecule has 0 bridgehead atoms. The Kier molecular flexibility index (Phi) is 20.1. The first-order valence-electron chi connectivity index (χ1n) is 2.62. The summed E-state index contributed by atoms with van der Waals surface area (Å²) in [5.74, 6) is 17.9. The Morgan fingerprint density at radius 1 is 0.889 bits per heavy atom. The van der Waals surface area contributed by atoms with Crippen molar-refractivity contribution < 1.29 is 0 Å². The van der Waals surface area contributed by atoms with Crippen molar-refractivity contribution in [2.45, 2.75) is 6.42 Å². The normalized spacial score (nSPS) is 8.00. The number of hydrogen-bond donors (Lipinski definition) is 6. The van der Waals surface area contributed by atoms with Crippen molar-refractivity contribution in [3.8, 4) is 0 Å². The largest absolute Gasteiger partial charge is 0.274 e. The predicted molar refractivity (Wildman–Crippen MR) is 37.4 cm³/mol. The third kappa shape index (κ3) is 18.2. The van der Waals surface area contributed by atoms with Gasteiger partial charge >= 0.3 is 0 Å². The van der Waals surface area contributed by atoms with Crippen LogP contribution in [0.25, 0.3) is 0 Å². The molecule has 0 radical (unpaired) electrons. The van der Waals surface area contributed by atoms with Gasteiger partial charge in [0.2, 0.25) is 0 Å². The van der Waals surface area contributed by atoms with E-state index in [1.165, 1.54) is 0 Å². The highest BCUT2D eigenvalue weighted by Crippen LogP contribution is 1.64. The Bertz CT molecular complexity index is 27.5. The van der Waals surface area contributed by atoms with Crippen LogP contribution in [0.15, 0.2) is 0 Å². The van der Waals surface area contributed by atoms with Crippen molar-refractivity contribution in [2.24, 2.45) is 23.4 Å². The maximum absolute atomic E-state index is 4.95. The molecule has 10 N–H and O–H groups in total. The molecule has 0 unspecified atom stereocenters. The van der Waals surface area contributed by atoms with Crippen molar-refractivity contribution in [3.63, 3.8) is 0 Å². The molecular formula is C3H16N6. The molecular weight excluding hydrogens is 120 g/mol. The minimum atomic E-state index is 0.810. The average molecular weight is 136 g/mol. The summed E-state index contributed by atoms with van der Waals surface area (Å²) in [7, 11) is 0. The second-order valence-corrected chi connectivity index (χ2v) is 1.26. The third-order valence-electron chi connectivity index (χ3n) is 0.642. The Morgan fingerprint density at radius 3 is 1.44 bits per heavy atom. The third-order valence-corrected chi connectivity index (χ3v) is 0.642. The summed E-state index contributed by atoms with van der Waals surface area (Å²) in [4.78, 5) is 0. The Balaban J connectivity index is 0. The van der Waals surface area contributed by atoms with E-state index in [1.54, 1.807) is 0 Å². The SMILES string of the molecule is NN.NNCCCNN. The molecule has 0 heterocycles. The zero-order valence-corrected chi connectivity index (χ0v) is 5.43. The fourth-order valence-corrected chi connectivity index (χ4v) is 0.293. The highest BCUT2D eigenvalue weighted by molar-refractivity contribution is 4.39. The zero-order valence-electron chi connectivity index (χ0n) is 5.43. The zero-order chi connectivity index (χ0) is 7.54. The summed E-state index contributed by atoms with van der Waals surface area (Å²) in [6.07, 6.45) is 0.965. The lowest BCUT2D eigenvalue weighted by molar-refractivity contribution is 0.625. The van der Waals surface area contributed by atoms with E-state index in [9.17, 15) is 0 Å². The molecule has 6 heteroatoms. The van der Waals surface area contributed by atoms with E-state index in [1.807, 2.05) is 0 Å². The molecule has 0 saturated heterocycles. The van der Waals surface area contributed by atoms with E-state index < -0.39 is 0 Å². The maximum Gasteiger partial charge on any atom is 0.0110 e. The maximum atomic E-state index is 4.95. The Morgan fingerprint density at radius 2 is 1.22 bits per heavy atom. The van der Waals surface area contributed by atoms with Gasteiger partial charge < -0.3 is 0 Å². The van der Waals surface area contributed by atoms with E-state index in [0.717, 1.165) is 19.5 Å². The van der Waals surface area contributed by atoms with Crippen LogP contribution in [0.2, 0.25) is 0 Å². The first-order valence-corrected chi connectivity index (χ1v) is 2.62. The van der Waals surface area contributed by atoms with Gasteiger partial charge in [0.1, 0.15) is 0 Å². The van der Waals surface area contributed by atoms with Gasteiger partial charge in [0.25, 0.3) is 0 Å². The van der Waals surface area contributed by atoms with Crippen molar-refractivity contribution in [1.82, 2.24) is 10.9 Å². The van der Waals surface area contributed by atoms with Gasteiger partial charge in [0.15, 0.2) is 0 Å². The molecule has 9 heavy (non-hydrogen) atoms. The molecule has 0 atom stereocenters. The Labute approximate surface area is 54.8 Å². The molecule has 0 saturated carbocycles. The topological polar surface area (TPSA) is 128 Å². The fourth-order valence-electron chi connectivity index (χ4n) is 0.293. The minimum Gasteiger partial charge on any atom is -0.274 e. The van der Waals surface area contributed by atoms with Gasteiger partial charge in [-0.2, -0.15) is 0 Å². The molecule has 6 nitrogen and oxygen atoms in total. The van der Waals surface area contributed by atoms with Crippen LogP contribution >= 0.6 is 0 Å². The first-order chi connectivity index (χ1) is 4.41. The molecule has 58 valence electrons. The van der Waals surface area contributed by atoms with E-state index >= 15 is 0 Å². The number of hydrazine groups is 3. The lowest BCUT2D eigenvalue weighted by atomic mass is 10.4.